The Morgan fingerprint density at radius 2 is 1.73 bits per heavy atom. The summed E-state index contributed by atoms with van der Waals surface area (Å²) in [4.78, 5) is 49.2. The first-order valence-electron chi connectivity index (χ1n) is 13.2. The monoisotopic (exact) mass is 553 g/mol. The number of nitrogens with zero attached hydrogens (tertiary/aromatic N) is 4. The highest BCUT2D eigenvalue weighted by Crippen LogP contribution is 2.25. The summed E-state index contributed by atoms with van der Waals surface area (Å²) < 4.78 is 12.1. The summed E-state index contributed by atoms with van der Waals surface area (Å²) in [7, 11) is 0. The van der Waals surface area contributed by atoms with Crippen LogP contribution in [-0.2, 0) is 27.4 Å². The fourth-order valence-electron chi connectivity index (χ4n) is 4.46. The van der Waals surface area contributed by atoms with Crippen LogP contribution in [0.1, 0.15) is 52.0 Å². The van der Waals surface area contributed by atoms with Crippen LogP contribution in [0.15, 0.2) is 43.0 Å². The molecule has 1 fully saturated rings. The topological polar surface area (TPSA) is 170 Å². The Hall–Kier alpha value is -4.42. The molecule has 1 atom stereocenters. The van der Waals surface area contributed by atoms with Gasteiger partial charge in [-0.2, -0.15) is 0 Å². The zero-order valence-corrected chi connectivity index (χ0v) is 22.8. The molecule has 0 spiro atoms. The Morgan fingerprint density at radius 1 is 1.02 bits per heavy atom. The average Bonchev–Trinajstić information content (AvgIpc) is 3.31. The van der Waals surface area contributed by atoms with Crippen LogP contribution in [0.3, 0.4) is 0 Å². The van der Waals surface area contributed by atoms with Crippen LogP contribution in [0, 0.1) is 0 Å². The van der Waals surface area contributed by atoms with Crippen molar-refractivity contribution in [3.05, 3.63) is 48.5 Å². The number of ether oxygens (including phenoxy) is 2. The van der Waals surface area contributed by atoms with Gasteiger partial charge in [-0.25, -0.2) is 29.3 Å². The second-order valence-corrected chi connectivity index (χ2v) is 10.7. The van der Waals surface area contributed by atoms with Gasteiger partial charge >= 0.3 is 18.2 Å². The van der Waals surface area contributed by atoms with Crippen molar-refractivity contribution in [2.45, 2.75) is 83.3 Å². The van der Waals surface area contributed by atoms with Gasteiger partial charge in [-0.05, 0) is 52.0 Å². The van der Waals surface area contributed by atoms with Crippen molar-refractivity contribution in [2.24, 2.45) is 0 Å². The molecule has 0 radical (unpaired) electrons. The third kappa shape index (κ3) is 8.04. The number of nitrogens with one attached hydrogen (secondary N) is 3. The summed E-state index contributed by atoms with van der Waals surface area (Å²) in [6, 6.07) is 7.99. The Balaban J connectivity index is 1.33. The smallest absolute Gasteiger partial charge is 0.408 e. The number of fused-ring (bicyclic) bond motifs is 1. The number of anilines is 1. The van der Waals surface area contributed by atoms with Crippen molar-refractivity contribution in [3.8, 4) is 0 Å². The van der Waals surface area contributed by atoms with Gasteiger partial charge in [0.1, 0.15) is 30.1 Å². The molecule has 0 saturated heterocycles. The van der Waals surface area contributed by atoms with E-state index in [4.69, 9.17) is 9.47 Å². The predicted molar refractivity (Wildman–Crippen MR) is 146 cm³/mol. The van der Waals surface area contributed by atoms with Crippen molar-refractivity contribution in [2.75, 3.05) is 5.32 Å². The molecule has 13 nitrogen and oxygen atoms in total. The molecule has 4 rings (SSSR count). The molecule has 3 aromatic rings. The lowest BCUT2D eigenvalue weighted by molar-refractivity contribution is -0.139. The second-order valence-electron chi connectivity index (χ2n) is 10.7. The van der Waals surface area contributed by atoms with Gasteiger partial charge in [0, 0.05) is 12.1 Å². The maximum atomic E-state index is 12.3. The van der Waals surface area contributed by atoms with Crippen LogP contribution < -0.4 is 16.0 Å². The summed E-state index contributed by atoms with van der Waals surface area (Å²) in [6.45, 7) is 5.41. The number of carbonyl (C=O) groups excluding carboxylic acids is 2. The molecule has 40 heavy (non-hydrogen) atoms. The van der Waals surface area contributed by atoms with Crippen LogP contribution >= 0.6 is 0 Å². The summed E-state index contributed by atoms with van der Waals surface area (Å²) in [5, 5.41) is 18.4. The highest BCUT2D eigenvalue weighted by Gasteiger charge is 2.27. The number of imidazole rings is 1. The minimum atomic E-state index is -1.26. The fraction of sp³-hybridized carbons (Fsp3) is 0.481. The summed E-state index contributed by atoms with van der Waals surface area (Å²) in [5.74, 6) is -0.683. The average molecular weight is 554 g/mol. The van der Waals surface area contributed by atoms with Gasteiger partial charge < -0.3 is 35.1 Å². The quantitative estimate of drug-likeness (QED) is 0.308. The summed E-state index contributed by atoms with van der Waals surface area (Å²) in [5.41, 5.74) is 1.17. The van der Waals surface area contributed by atoms with Crippen molar-refractivity contribution in [1.82, 2.24) is 30.2 Å². The van der Waals surface area contributed by atoms with Crippen LogP contribution in [0.5, 0.6) is 0 Å². The molecule has 0 unspecified atom stereocenters. The van der Waals surface area contributed by atoms with Crippen molar-refractivity contribution in [1.29, 1.82) is 0 Å². The Bertz CT molecular complexity index is 1320. The van der Waals surface area contributed by atoms with Gasteiger partial charge in [-0.3, -0.25) is 0 Å². The van der Waals surface area contributed by atoms with Gasteiger partial charge in [0.15, 0.2) is 11.5 Å². The lowest BCUT2D eigenvalue weighted by Crippen LogP contribution is -2.43. The van der Waals surface area contributed by atoms with E-state index in [0.29, 0.717) is 17.0 Å². The van der Waals surface area contributed by atoms with Crippen molar-refractivity contribution < 1.29 is 29.0 Å². The lowest BCUT2D eigenvalue weighted by Gasteiger charge is -2.30. The van der Waals surface area contributed by atoms with E-state index in [1.807, 2.05) is 39.0 Å². The van der Waals surface area contributed by atoms with Crippen molar-refractivity contribution >= 4 is 35.1 Å². The van der Waals surface area contributed by atoms with E-state index in [0.717, 1.165) is 31.2 Å². The van der Waals surface area contributed by atoms with Crippen LogP contribution in [0.25, 0.3) is 11.2 Å². The number of carboxylic acid groups (broad SMARTS) is 1. The molecule has 2 amide bonds. The Kier molecular flexibility index (Phi) is 9.02. The van der Waals surface area contributed by atoms with Gasteiger partial charge in [0.2, 0.25) is 0 Å². The first-order valence-corrected chi connectivity index (χ1v) is 13.2. The van der Waals surface area contributed by atoms with Gasteiger partial charge in [0.05, 0.1) is 12.9 Å². The van der Waals surface area contributed by atoms with E-state index in [1.54, 1.807) is 16.7 Å². The minimum Gasteiger partial charge on any atom is -0.480 e. The molecule has 214 valence electrons. The van der Waals surface area contributed by atoms with Crippen LogP contribution in [0.2, 0.25) is 0 Å². The largest absolute Gasteiger partial charge is 0.480 e. The molecule has 1 aromatic carbocycles. The molecular formula is C27H35N7O6. The maximum Gasteiger partial charge on any atom is 0.408 e. The van der Waals surface area contributed by atoms with Gasteiger partial charge in [0.25, 0.3) is 0 Å². The number of aliphatic carboxylic acids is 1. The molecule has 4 N–H and O–H groups in total. The summed E-state index contributed by atoms with van der Waals surface area (Å²) in [6.07, 6.45) is 4.79. The Morgan fingerprint density at radius 3 is 2.40 bits per heavy atom. The normalized spacial score (nSPS) is 18.0. The molecule has 1 saturated carbocycles. The number of alkyl carbamates (subject to hydrolysis) is 2. The molecule has 13 heteroatoms. The van der Waals surface area contributed by atoms with Gasteiger partial charge in [-0.15, -0.1) is 0 Å². The number of carboxylic acids is 1. The third-order valence-corrected chi connectivity index (χ3v) is 6.37. The van der Waals surface area contributed by atoms with E-state index in [2.05, 4.69) is 30.9 Å². The molecule has 1 aliphatic rings. The maximum absolute atomic E-state index is 12.3. The van der Waals surface area contributed by atoms with Gasteiger partial charge in [-0.1, -0.05) is 30.3 Å². The molecular weight excluding hydrogens is 518 g/mol. The SMILES string of the molecule is CC(C)(C)OC(=O)NC1CCC(Nc2ncnc3c2ncn3C[C@@H](NC(=O)OCc2ccccc2)C(=O)O)CC1. The lowest BCUT2D eigenvalue weighted by atomic mass is 9.91. The molecule has 0 bridgehead atoms. The number of hydrogen-bond acceptors (Lipinski definition) is 9. The van der Waals surface area contributed by atoms with E-state index in [9.17, 15) is 19.5 Å². The highest BCUT2D eigenvalue weighted by atomic mass is 16.6. The first kappa shape index (κ1) is 28.6. The number of hydrogen-bond donors (Lipinski definition) is 4. The third-order valence-electron chi connectivity index (χ3n) is 6.37. The highest BCUT2D eigenvalue weighted by molar-refractivity contribution is 5.83. The Labute approximate surface area is 231 Å². The van der Waals surface area contributed by atoms with E-state index < -0.39 is 29.8 Å². The standard InChI is InChI=1S/C27H35N7O6/c1-27(2,3)40-26(38)32-19-11-9-18(10-12-19)31-22-21-23(29-15-28-22)34(16-30-21)13-20(24(35)36)33-25(37)39-14-17-7-5-4-6-8-17/h4-8,15-16,18-20H,9-14H2,1-3H3,(H,32,38)(H,33,37)(H,35,36)(H,28,29,31)/t18?,19?,20-/m1/s1. The van der Waals surface area contributed by atoms with E-state index in [-0.39, 0.29) is 25.2 Å². The number of benzene rings is 1. The number of rotatable bonds is 9. The molecule has 2 heterocycles. The summed E-state index contributed by atoms with van der Waals surface area (Å²) >= 11 is 0. The fourth-order valence-corrected chi connectivity index (χ4v) is 4.46. The zero-order valence-electron chi connectivity index (χ0n) is 22.8. The van der Waals surface area contributed by atoms with Crippen LogP contribution in [-0.4, -0.2) is 66.5 Å². The number of amides is 2. The van der Waals surface area contributed by atoms with E-state index >= 15 is 0 Å². The second kappa shape index (κ2) is 12.6. The minimum absolute atomic E-state index is 0.0221. The predicted octanol–water partition coefficient (Wildman–Crippen LogP) is 3.45. The number of carbonyl (C=O) groups is 3. The first-order chi connectivity index (χ1) is 19.1. The van der Waals surface area contributed by atoms with Crippen LogP contribution in [0.4, 0.5) is 15.4 Å². The van der Waals surface area contributed by atoms with E-state index in [1.165, 1.54) is 12.7 Å². The molecule has 2 aromatic heterocycles. The van der Waals surface area contributed by atoms with Crippen molar-refractivity contribution in [3.63, 3.8) is 0 Å². The number of aromatic nitrogens is 4. The zero-order chi connectivity index (χ0) is 28.7. The molecule has 1 aliphatic carbocycles. The molecule has 0 aliphatic heterocycles.